The van der Waals surface area contributed by atoms with E-state index in [0.29, 0.717) is 5.75 Å². The average molecular weight is 267 g/mol. The number of carbonyl (C=O) groups is 1. The van der Waals surface area contributed by atoms with Gasteiger partial charge in [-0.15, -0.1) is 11.8 Å². The Labute approximate surface area is 113 Å². The van der Waals surface area contributed by atoms with Crippen LogP contribution in [0.4, 0.5) is 0 Å². The molecule has 100 valence electrons. The molecule has 0 heterocycles. The molecular formula is C14H21NO2S. The molecule has 0 radical (unpaired) electrons. The number of rotatable bonds is 7. The summed E-state index contributed by atoms with van der Waals surface area (Å²) in [5.41, 5.74) is 8.53. The zero-order valence-electron chi connectivity index (χ0n) is 11.0. The Morgan fingerprint density at radius 3 is 2.61 bits per heavy atom. The molecule has 1 aromatic carbocycles. The van der Waals surface area contributed by atoms with Crippen LogP contribution in [0.3, 0.4) is 0 Å². The van der Waals surface area contributed by atoms with Crippen molar-refractivity contribution >= 4 is 17.7 Å². The van der Waals surface area contributed by atoms with Crippen molar-refractivity contribution in [3.05, 3.63) is 35.4 Å². The third kappa shape index (κ3) is 5.10. The average Bonchev–Trinajstić information content (AvgIpc) is 2.39. The van der Waals surface area contributed by atoms with Gasteiger partial charge in [-0.1, -0.05) is 37.6 Å². The van der Waals surface area contributed by atoms with Crippen molar-refractivity contribution in [2.24, 2.45) is 5.73 Å². The van der Waals surface area contributed by atoms with Gasteiger partial charge in [0.15, 0.2) is 0 Å². The molecule has 1 aromatic rings. The van der Waals surface area contributed by atoms with Crippen molar-refractivity contribution in [1.82, 2.24) is 0 Å². The van der Waals surface area contributed by atoms with Crippen LogP contribution >= 0.6 is 11.8 Å². The van der Waals surface area contributed by atoms with Crippen molar-refractivity contribution in [2.45, 2.75) is 25.8 Å². The highest BCUT2D eigenvalue weighted by molar-refractivity contribution is 7.99. The summed E-state index contributed by atoms with van der Waals surface area (Å²) in [5, 5.41) is 0. The van der Waals surface area contributed by atoms with Gasteiger partial charge < -0.3 is 10.5 Å². The van der Waals surface area contributed by atoms with E-state index in [9.17, 15) is 4.79 Å². The number of hydrogen-bond donors (Lipinski definition) is 1. The maximum absolute atomic E-state index is 11.0. The second-order valence-electron chi connectivity index (χ2n) is 4.19. The van der Waals surface area contributed by atoms with Crippen LogP contribution in [0.5, 0.6) is 0 Å². The lowest BCUT2D eigenvalue weighted by molar-refractivity contribution is -0.137. The normalized spacial score (nSPS) is 12.2. The summed E-state index contributed by atoms with van der Waals surface area (Å²) in [5.74, 6) is 0.880. The second-order valence-corrected chi connectivity index (χ2v) is 5.22. The quantitative estimate of drug-likeness (QED) is 0.771. The molecule has 4 heteroatoms. The molecule has 0 aliphatic carbocycles. The van der Waals surface area contributed by atoms with Crippen molar-refractivity contribution in [2.75, 3.05) is 18.6 Å². The number of ether oxygens (including phenoxy) is 1. The second kappa shape index (κ2) is 8.16. The van der Waals surface area contributed by atoms with Crippen LogP contribution in [-0.2, 0) is 16.0 Å². The summed E-state index contributed by atoms with van der Waals surface area (Å²) in [6.45, 7) is 2.17. The Hall–Kier alpha value is -1.00. The maximum atomic E-state index is 11.0. The van der Waals surface area contributed by atoms with Crippen LogP contribution in [0.2, 0.25) is 0 Å². The monoisotopic (exact) mass is 267 g/mol. The summed E-state index contributed by atoms with van der Waals surface area (Å²) in [4.78, 5) is 11.0. The molecule has 0 saturated carbocycles. The molecule has 3 nitrogen and oxygen atoms in total. The topological polar surface area (TPSA) is 52.3 Å². The number of aryl methyl sites for hydroxylation is 1. The summed E-state index contributed by atoms with van der Waals surface area (Å²) < 4.78 is 4.58. The van der Waals surface area contributed by atoms with Crippen LogP contribution in [0, 0.1) is 0 Å². The fraction of sp³-hybridized carbons (Fsp3) is 0.500. The summed E-state index contributed by atoms with van der Waals surface area (Å²) >= 11 is 1.50. The molecule has 2 N–H and O–H groups in total. The standard InChI is InChI=1S/C14H21NO2S/c1-3-4-11-5-7-12(8-6-11)13(15)9-18-10-14(16)17-2/h5-8,13H,3-4,9-10,15H2,1-2H3. The van der Waals surface area contributed by atoms with Crippen molar-refractivity contribution < 1.29 is 9.53 Å². The molecule has 0 saturated heterocycles. The van der Waals surface area contributed by atoms with Gasteiger partial charge in [-0.2, -0.15) is 0 Å². The number of methoxy groups -OCH3 is 1. The van der Waals surface area contributed by atoms with E-state index in [4.69, 9.17) is 5.73 Å². The first kappa shape index (κ1) is 15.1. The summed E-state index contributed by atoms with van der Waals surface area (Å²) in [6.07, 6.45) is 2.26. The molecule has 0 fully saturated rings. The Balaban J connectivity index is 2.41. The predicted molar refractivity (Wildman–Crippen MR) is 76.7 cm³/mol. The minimum absolute atomic E-state index is 0.0321. The van der Waals surface area contributed by atoms with E-state index in [0.717, 1.165) is 24.2 Å². The molecule has 1 atom stereocenters. The van der Waals surface area contributed by atoms with Gasteiger partial charge in [0, 0.05) is 11.8 Å². The van der Waals surface area contributed by atoms with Gasteiger partial charge in [-0.25, -0.2) is 0 Å². The van der Waals surface area contributed by atoms with E-state index in [1.54, 1.807) is 0 Å². The Kier molecular flexibility index (Phi) is 6.83. The van der Waals surface area contributed by atoms with E-state index in [-0.39, 0.29) is 12.0 Å². The lowest BCUT2D eigenvalue weighted by Gasteiger charge is -2.12. The van der Waals surface area contributed by atoms with Crippen molar-refractivity contribution in [3.8, 4) is 0 Å². The van der Waals surface area contributed by atoms with E-state index in [1.807, 2.05) is 0 Å². The largest absolute Gasteiger partial charge is 0.468 e. The minimum Gasteiger partial charge on any atom is -0.468 e. The highest BCUT2D eigenvalue weighted by atomic mass is 32.2. The van der Waals surface area contributed by atoms with Crippen LogP contribution in [0.15, 0.2) is 24.3 Å². The molecule has 0 amide bonds. The number of esters is 1. The fourth-order valence-electron chi connectivity index (χ4n) is 1.64. The van der Waals surface area contributed by atoms with Crippen molar-refractivity contribution in [1.29, 1.82) is 0 Å². The van der Waals surface area contributed by atoms with E-state index >= 15 is 0 Å². The van der Waals surface area contributed by atoms with Crippen LogP contribution in [0.1, 0.15) is 30.5 Å². The lowest BCUT2D eigenvalue weighted by atomic mass is 10.0. The molecule has 0 aliphatic rings. The highest BCUT2D eigenvalue weighted by Gasteiger charge is 2.08. The molecule has 1 rings (SSSR count). The van der Waals surface area contributed by atoms with Gasteiger partial charge in [-0.3, -0.25) is 4.79 Å². The lowest BCUT2D eigenvalue weighted by Crippen LogP contribution is -2.14. The molecule has 18 heavy (non-hydrogen) atoms. The van der Waals surface area contributed by atoms with E-state index < -0.39 is 0 Å². The maximum Gasteiger partial charge on any atom is 0.315 e. The number of benzene rings is 1. The number of carbonyl (C=O) groups excluding carboxylic acids is 1. The predicted octanol–water partition coefficient (Wildman–Crippen LogP) is 2.55. The number of hydrogen-bond acceptors (Lipinski definition) is 4. The van der Waals surface area contributed by atoms with Gasteiger partial charge in [0.2, 0.25) is 0 Å². The van der Waals surface area contributed by atoms with Gasteiger partial charge in [0.05, 0.1) is 12.9 Å². The van der Waals surface area contributed by atoms with Gasteiger partial charge in [0.25, 0.3) is 0 Å². The molecule has 0 aliphatic heterocycles. The Morgan fingerprint density at radius 2 is 2.06 bits per heavy atom. The van der Waals surface area contributed by atoms with Gasteiger partial charge in [0.1, 0.15) is 0 Å². The number of thioether (sulfide) groups is 1. The van der Waals surface area contributed by atoms with Gasteiger partial charge >= 0.3 is 5.97 Å². The van der Waals surface area contributed by atoms with E-state index in [1.165, 1.54) is 24.4 Å². The van der Waals surface area contributed by atoms with Crippen LogP contribution < -0.4 is 5.73 Å². The molecular weight excluding hydrogens is 246 g/mol. The Morgan fingerprint density at radius 1 is 1.39 bits per heavy atom. The molecule has 0 aromatic heterocycles. The van der Waals surface area contributed by atoms with Gasteiger partial charge in [-0.05, 0) is 17.5 Å². The first-order valence-corrected chi connectivity index (χ1v) is 7.31. The van der Waals surface area contributed by atoms with E-state index in [2.05, 4.69) is 35.9 Å². The van der Waals surface area contributed by atoms with Crippen molar-refractivity contribution in [3.63, 3.8) is 0 Å². The smallest absolute Gasteiger partial charge is 0.315 e. The zero-order chi connectivity index (χ0) is 13.4. The summed E-state index contributed by atoms with van der Waals surface area (Å²) in [7, 11) is 1.40. The SMILES string of the molecule is CCCc1ccc(C(N)CSCC(=O)OC)cc1. The van der Waals surface area contributed by atoms with Crippen LogP contribution in [0.25, 0.3) is 0 Å². The first-order valence-electron chi connectivity index (χ1n) is 6.16. The minimum atomic E-state index is -0.203. The zero-order valence-corrected chi connectivity index (χ0v) is 11.8. The molecule has 0 bridgehead atoms. The van der Waals surface area contributed by atoms with Crippen LogP contribution in [-0.4, -0.2) is 24.6 Å². The first-order chi connectivity index (χ1) is 8.67. The highest BCUT2D eigenvalue weighted by Crippen LogP contribution is 2.17. The molecule has 1 unspecified atom stereocenters. The number of nitrogens with two attached hydrogens (primary N) is 1. The third-order valence-corrected chi connectivity index (χ3v) is 3.73. The summed E-state index contributed by atoms with van der Waals surface area (Å²) in [6, 6.07) is 8.38. The fourth-order valence-corrected chi connectivity index (χ4v) is 2.49. The third-order valence-electron chi connectivity index (χ3n) is 2.69. The Bertz CT molecular complexity index is 365. The molecule has 0 spiro atoms.